The molecule has 96 valence electrons. The molecule has 0 aliphatic carbocycles. The SMILES string of the molecule is C#CCN(CC(=O)O)C(=O)NCCCCCC. The first-order chi connectivity index (χ1) is 8.11. The summed E-state index contributed by atoms with van der Waals surface area (Å²) in [5, 5.41) is 11.3. The number of carboxylic acids is 1. The predicted octanol–water partition coefficient (Wildman–Crippen LogP) is 1.30. The number of urea groups is 1. The van der Waals surface area contributed by atoms with Crippen LogP contribution in [0.3, 0.4) is 0 Å². The van der Waals surface area contributed by atoms with Crippen LogP contribution in [0.25, 0.3) is 0 Å². The predicted molar refractivity (Wildman–Crippen MR) is 65.6 cm³/mol. The molecule has 0 bridgehead atoms. The molecular formula is C12H20N2O3. The zero-order chi connectivity index (χ0) is 13.1. The molecule has 2 amide bonds. The van der Waals surface area contributed by atoms with Crippen LogP contribution in [-0.2, 0) is 4.79 Å². The first-order valence-electron chi connectivity index (χ1n) is 5.79. The quantitative estimate of drug-likeness (QED) is 0.496. The number of terminal acetylenes is 1. The fourth-order valence-electron chi connectivity index (χ4n) is 1.33. The molecule has 5 nitrogen and oxygen atoms in total. The lowest BCUT2D eigenvalue weighted by Crippen LogP contribution is -2.43. The summed E-state index contributed by atoms with van der Waals surface area (Å²) >= 11 is 0. The van der Waals surface area contributed by atoms with Gasteiger partial charge in [-0.1, -0.05) is 32.1 Å². The minimum absolute atomic E-state index is 0.00704. The number of amides is 2. The van der Waals surface area contributed by atoms with Crippen molar-refractivity contribution in [1.29, 1.82) is 0 Å². The molecule has 0 fully saturated rings. The topological polar surface area (TPSA) is 69.6 Å². The van der Waals surface area contributed by atoms with Gasteiger partial charge in [0.15, 0.2) is 0 Å². The monoisotopic (exact) mass is 240 g/mol. The second kappa shape index (κ2) is 9.52. The van der Waals surface area contributed by atoms with Gasteiger partial charge in [-0.25, -0.2) is 4.79 Å². The highest BCUT2D eigenvalue weighted by molar-refractivity contribution is 5.80. The lowest BCUT2D eigenvalue weighted by Gasteiger charge is -2.18. The number of carboxylic acid groups (broad SMARTS) is 1. The van der Waals surface area contributed by atoms with Crippen LogP contribution in [0, 0.1) is 12.3 Å². The summed E-state index contributed by atoms with van der Waals surface area (Å²) in [7, 11) is 0. The number of unbranched alkanes of at least 4 members (excludes halogenated alkanes) is 3. The van der Waals surface area contributed by atoms with E-state index in [1.54, 1.807) is 0 Å². The van der Waals surface area contributed by atoms with E-state index in [0.29, 0.717) is 6.54 Å². The molecular weight excluding hydrogens is 220 g/mol. The maximum Gasteiger partial charge on any atom is 0.323 e. The molecule has 0 unspecified atom stereocenters. The number of hydrogen-bond acceptors (Lipinski definition) is 2. The Hall–Kier alpha value is -1.70. The number of rotatable bonds is 8. The van der Waals surface area contributed by atoms with Crippen molar-refractivity contribution in [2.45, 2.75) is 32.6 Å². The van der Waals surface area contributed by atoms with Crippen molar-refractivity contribution < 1.29 is 14.7 Å². The smallest absolute Gasteiger partial charge is 0.323 e. The van der Waals surface area contributed by atoms with E-state index in [9.17, 15) is 9.59 Å². The van der Waals surface area contributed by atoms with Crippen LogP contribution in [0.5, 0.6) is 0 Å². The van der Waals surface area contributed by atoms with Gasteiger partial charge in [-0.05, 0) is 6.42 Å². The third kappa shape index (κ3) is 8.14. The molecule has 0 rings (SSSR count). The lowest BCUT2D eigenvalue weighted by molar-refractivity contribution is -0.137. The van der Waals surface area contributed by atoms with E-state index in [4.69, 9.17) is 11.5 Å². The molecule has 0 aromatic rings. The molecule has 0 atom stereocenters. The third-order valence-electron chi connectivity index (χ3n) is 2.20. The van der Waals surface area contributed by atoms with E-state index in [-0.39, 0.29) is 13.1 Å². The average Bonchev–Trinajstić information content (AvgIpc) is 2.27. The van der Waals surface area contributed by atoms with Crippen LogP contribution < -0.4 is 5.32 Å². The molecule has 0 aliphatic rings. The summed E-state index contributed by atoms with van der Waals surface area (Å²) in [6, 6.07) is -0.415. The van der Waals surface area contributed by atoms with Crippen molar-refractivity contribution in [2.75, 3.05) is 19.6 Å². The Morgan fingerprint density at radius 3 is 2.59 bits per heavy atom. The van der Waals surface area contributed by atoms with Crippen molar-refractivity contribution in [3.05, 3.63) is 0 Å². The molecule has 17 heavy (non-hydrogen) atoms. The fraction of sp³-hybridized carbons (Fsp3) is 0.667. The van der Waals surface area contributed by atoms with Crippen molar-refractivity contribution in [3.63, 3.8) is 0 Å². The van der Waals surface area contributed by atoms with Gasteiger partial charge in [0, 0.05) is 6.54 Å². The second-order valence-electron chi connectivity index (χ2n) is 3.75. The Kier molecular flexibility index (Phi) is 8.57. The van der Waals surface area contributed by atoms with Gasteiger partial charge in [-0.15, -0.1) is 6.42 Å². The van der Waals surface area contributed by atoms with Crippen molar-refractivity contribution in [1.82, 2.24) is 10.2 Å². The van der Waals surface area contributed by atoms with E-state index in [1.165, 1.54) is 0 Å². The highest BCUT2D eigenvalue weighted by Gasteiger charge is 2.14. The first-order valence-corrected chi connectivity index (χ1v) is 5.79. The summed E-state index contributed by atoms with van der Waals surface area (Å²) < 4.78 is 0. The Balaban J connectivity index is 3.89. The molecule has 5 heteroatoms. The van der Waals surface area contributed by atoms with Crippen LogP contribution in [0.15, 0.2) is 0 Å². The van der Waals surface area contributed by atoms with Crippen molar-refractivity contribution in [2.24, 2.45) is 0 Å². The zero-order valence-corrected chi connectivity index (χ0v) is 10.2. The van der Waals surface area contributed by atoms with Gasteiger partial charge in [-0.2, -0.15) is 0 Å². The molecule has 0 heterocycles. The first kappa shape index (κ1) is 15.3. The van der Waals surface area contributed by atoms with E-state index in [0.717, 1.165) is 30.6 Å². The van der Waals surface area contributed by atoms with Gasteiger partial charge >= 0.3 is 12.0 Å². The number of carbonyl (C=O) groups excluding carboxylic acids is 1. The van der Waals surface area contributed by atoms with Gasteiger partial charge in [0.1, 0.15) is 6.54 Å². The molecule has 0 spiro atoms. The maximum absolute atomic E-state index is 11.6. The summed E-state index contributed by atoms with van der Waals surface area (Å²) in [4.78, 5) is 23.2. The molecule has 0 aliphatic heterocycles. The molecule has 0 aromatic heterocycles. The van der Waals surface area contributed by atoms with E-state index >= 15 is 0 Å². The van der Waals surface area contributed by atoms with Crippen LogP contribution >= 0.6 is 0 Å². The number of hydrogen-bond donors (Lipinski definition) is 2. The Labute approximate surface area is 102 Å². The van der Waals surface area contributed by atoms with Crippen molar-refractivity contribution in [3.8, 4) is 12.3 Å². The maximum atomic E-state index is 11.6. The summed E-state index contributed by atoms with van der Waals surface area (Å²) in [5.74, 6) is 1.20. The number of aliphatic carboxylic acids is 1. The molecule has 2 N–H and O–H groups in total. The number of carbonyl (C=O) groups is 2. The number of nitrogens with zero attached hydrogens (tertiary/aromatic N) is 1. The van der Waals surface area contributed by atoms with Gasteiger partial charge < -0.3 is 15.3 Å². The van der Waals surface area contributed by atoms with Gasteiger partial charge in [-0.3, -0.25) is 4.79 Å². The van der Waals surface area contributed by atoms with Crippen LogP contribution in [0.2, 0.25) is 0 Å². The Morgan fingerprint density at radius 2 is 2.06 bits per heavy atom. The van der Waals surface area contributed by atoms with Gasteiger partial charge in [0.05, 0.1) is 6.54 Å². The minimum atomic E-state index is -1.07. The average molecular weight is 240 g/mol. The highest BCUT2D eigenvalue weighted by Crippen LogP contribution is 1.97. The van der Waals surface area contributed by atoms with E-state index < -0.39 is 12.0 Å². The molecule has 0 saturated heterocycles. The molecule has 0 radical (unpaired) electrons. The second-order valence-corrected chi connectivity index (χ2v) is 3.75. The Bertz CT molecular complexity index is 284. The van der Waals surface area contributed by atoms with E-state index in [1.807, 2.05) is 0 Å². The van der Waals surface area contributed by atoms with Gasteiger partial charge in [0.2, 0.25) is 0 Å². The summed E-state index contributed by atoms with van der Waals surface area (Å²) in [6.07, 6.45) is 9.31. The van der Waals surface area contributed by atoms with Crippen LogP contribution in [0.4, 0.5) is 4.79 Å². The van der Waals surface area contributed by atoms with Crippen LogP contribution in [0.1, 0.15) is 32.6 Å². The molecule has 0 saturated carbocycles. The summed E-state index contributed by atoms with van der Waals surface area (Å²) in [6.45, 7) is 2.30. The highest BCUT2D eigenvalue weighted by atomic mass is 16.4. The van der Waals surface area contributed by atoms with Crippen LogP contribution in [-0.4, -0.2) is 41.6 Å². The fourth-order valence-corrected chi connectivity index (χ4v) is 1.33. The van der Waals surface area contributed by atoms with Gasteiger partial charge in [0.25, 0.3) is 0 Å². The van der Waals surface area contributed by atoms with Crippen molar-refractivity contribution >= 4 is 12.0 Å². The minimum Gasteiger partial charge on any atom is -0.480 e. The normalized spacial score (nSPS) is 9.41. The Morgan fingerprint density at radius 1 is 1.35 bits per heavy atom. The standard InChI is InChI=1S/C12H20N2O3/c1-3-5-6-7-8-13-12(17)14(9-4-2)10-11(15)16/h2H,3,5-10H2,1H3,(H,13,17)(H,15,16). The largest absolute Gasteiger partial charge is 0.480 e. The molecule has 0 aromatic carbocycles. The van der Waals surface area contributed by atoms with E-state index in [2.05, 4.69) is 18.2 Å². The third-order valence-corrected chi connectivity index (χ3v) is 2.20. The lowest BCUT2D eigenvalue weighted by atomic mass is 10.2. The summed E-state index contributed by atoms with van der Waals surface area (Å²) in [5.41, 5.74) is 0. The number of nitrogens with one attached hydrogen (secondary N) is 1. The zero-order valence-electron chi connectivity index (χ0n) is 10.2.